The maximum Gasteiger partial charge on any atom is 0.272 e. The van der Waals surface area contributed by atoms with Crippen LogP contribution in [0.25, 0.3) is 0 Å². The molecule has 2 heterocycles. The van der Waals surface area contributed by atoms with Crippen molar-refractivity contribution in [2.75, 3.05) is 10.6 Å². The molecule has 9 heteroatoms. The first-order valence-corrected chi connectivity index (χ1v) is 7.58. The van der Waals surface area contributed by atoms with Crippen molar-refractivity contribution in [3.8, 4) is 0 Å². The zero-order chi connectivity index (χ0) is 18.0. The highest BCUT2D eigenvalue weighted by atomic mass is 79.9. The number of nitrogens with zero attached hydrogens (tertiary/aromatic N) is 2. The van der Waals surface area contributed by atoms with Crippen LogP contribution in [0, 0.1) is 0 Å². The number of halogens is 1. The molecule has 24 heavy (non-hydrogen) atoms. The van der Waals surface area contributed by atoms with E-state index < -0.39 is 17.7 Å². The molecule has 2 aromatic heterocycles. The molecule has 0 saturated heterocycles. The van der Waals surface area contributed by atoms with Gasteiger partial charge in [0.25, 0.3) is 17.7 Å². The molecule has 0 radical (unpaired) electrons. The quantitative estimate of drug-likeness (QED) is 0.670. The molecule has 0 aliphatic heterocycles. The lowest BCUT2D eigenvalue weighted by molar-refractivity contribution is -0.112. The van der Waals surface area contributed by atoms with Crippen molar-refractivity contribution in [2.24, 2.45) is 19.8 Å². The minimum absolute atomic E-state index is 0.174. The van der Waals surface area contributed by atoms with Gasteiger partial charge >= 0.3 is 0 Å². The van der Waals surface area contributed by atoms with Gasteiger partial charge in [0.2, 0.25) is 0 Å². The summed E-state index contributed by atoms with van der Waals surface area (Å²) >= 11 is 2.98. The molecule has 8 nitrogen and oxygen atoms in total. The lowest BCUT2D eigenvalue weighted by atomic mass is 10.3. The van der Waals surface area contributed by atoms with E-state index >= 15 is 0 Å². The smallest absolute Gasteiger partial charge is 0.272 e. The molecule has 126 valence electrons. The third-order valence-corrected chi connectivity index (χ3v) is 3.66. The molecule has 0 saturated carbocycles. The first-order chi connectivity index (χ1) is 11.2. The Kier molecular flexibility index (Phi) is 4.93. The van der Waals surface area contributed by atoms with Crippen LogP contribution in [0.3, 0.4) is 0 Å². The molecule has 2 aromatic rings. The molecule has 3 amide bonds. The maximum atomic E-state index is 12.4. The number of anilines is 2. The summed E-state index contributed by atoms with van der Waals surface area (Å²) in [5.41, 5.74) is 6.56. The fourth-order valence-electron chi connectivity index (χ4n) is 2.18. The van der Waals surface area contributed by atoms with E-state index in [1.54, 1.807) is 37.1 Å². The summed E-state index contributed by atoms with van der Waals surface area (Å²) in [5, 5.41) is 5.23. The van der Waals surface area contributed by atoms with Gasteiger partial charge in [0.15, 0.2) is 0 Å². The molecule has 0 aromatic carbocycles. The van der Waals surface area contributed by atoms with Crippen molar-refractivity contribution in [3.63, 3.8) is 0 Å². The lowest BCUT2D eigenvalue weighted by Crippen LogP contribution is -2.21. The number of nitrogens with two attached hydrogens (primary N) is 1. The molecule has 2 rings (SSSR count). The molecule has 0 spiro atoms. The van der Waals surface area contributed by atoms with E-state index in [4.69, 9.17) is 5.73 Å². The Balaban J connectivity index is 2.22. The molecule has 0 aliphatic rings. The van der Waals surface area contributed by atoms with Crippen molar-refractivity contribution in [1.29, 1.82) is 0 Å². The van der Waals surface area contributed by atoms with Gasteiger partial charge in [-0.15, -0.1) is 0 Å². The van der Waals surface area contributed by atoms with E-state index in [2.05, 4.69) is 33.1 Å². The molecule has 0 bridgehead atoms. The maximum absolute atomic E-state index is 12.4. The number of hydrogen-bond acceptors (Lipinski definition) is 3. The summed E-state index contributed by atoms with van der Waals surface area (Å²) in [6.45, 7) is 3.47. The van der Waals surface area contributed by atoms with E-state index in [0.29, 0.717) is 17.1 Å². The second kappa shape index (κ2) is 6.75. The van der Waals surface area contributed by atoms with Gasteiger partial charge < -0.3 is 25.5 Å². The summed E-state index contributed by atoms with van der Waals surface area (Å²) in [4.78, 5) is 35.5. The first kappa shape index (κ1) is 17.5. The Morgan fingerprint density at radius 1 is 1.21 bits per heavy atom. The standard InChI is InChI=1S/C15H16BrN5O3/c1-8(16)14(23)18-9-6-11(21(3)7-9)15(24)19-10-4-5-20(2)12(10)13(17)22/h4-7H,1H2,2-3H3,(H2,17,22)(H,18,23)(H,19,24). The van der Waals surface area contributed by atoms with Gasteiger partial charge in [0.05, 0.1) is 15.9 Å². The number of hydrogen-bond donors (Lipinski definition) is 3. The predicted molar refractivity (Wildman–Crippen MR) is 94.0 cm³/mol. The van der Waals surface area contributed by atoms with Crippen LogP contribution in [0.1, 0.15) is 21.0 Å². The van der Waals surface area contributed by atoms with Crippen molar-refractivity contribution >= 4 is 45.0 Å². The first-order valence-electron chi connectivity index (χ1n) is 6.79. The van der Waals surface area contributed by atoms with Gasteiger partial charge in [0.1, 0.15) is 11.4 Å². The second-order valence-electron chi connectivity index (χ2n) is 5.09. The van der Waals surface area contributed by atoms with E-state index in [1.165, 1.54) is 10.6 Å². The number of carbonyl (C=O) groups excluding carboxylic acids is 3. The van der Waals surface area contributed by atoms with Crippen LogP contribution < -0.4 is 16.4 Å². The van der Waals surface area contributed by atoms with E-state index in [1.807, 2.05) is 0 Å². The highest BCUT2D eigenvalue weighted by Gasteiger charge is 2.18. The SMILES string of the molecule is C=C(Br)C(=O)Nc1cc(C(=O)Nc2ccn(C)c2C(N)=O)n(C)c1. The number of amides is 3. The van der Waals surface area contributed by atoms with E-state index in [0.717, 1.165) is 0 Å². The molecular formula is C15H16BrN5O3. The highest BCUT2D eigenvalue weighted by Crippen LogP contribution is 2.19. The molecule has 0 atom stereocenters. The van der Waals surface area contributed by atoms with Crippen LogP contribution in [-0.2, 0) is 18.9 Å². The molecule has 4 N–H and O–H groups in total. The summed E-state index contributed by atoms with van der Waals surface area (Å²) in [6, 6.07) is 3.09. The van der Waals surface area contributed by atoms with Crippen molar-refractivity contribution < 1.29 is 14.4 Å². The van der Waals surface area contributed by atoms with Gasteiger partial charge in [-0.3, -0.25) is 14.4 Å². The highest BCUT2D eigenvalue weighted by molar-refractivity contribution is 9.12. The Hall–Kier alpha value is -2.81. The van der Waals surface area contributed by atoms with Crippen LogP contribution in [0.4, 0.5) is 11.4 Å². The Morgan fingerprint density at radius 2 is 1.88 bits per heavy atom. The van der Waals surface area contributed by atoms with Crippen LogP contribution in [0.5, 0.6) is 0 Å². The predicted octanol–water partition coefficient (Wildman–Crippen LogP) is 1.56. The summed E-state index contributed by atoms with van der Waals surface area (Å²) in [5.74, 6) is -1.50. The summed E-state index contributed by atoms with van der Waals surface area (Å²) < 4.78 is 3.25. The van der Waals surface area contributed by atoms with Crippen molar-refractivity contribution in [3.05, 3.63) is 47.0 Å². The van der Waals surface area contributed by atoms with Crippen molar-refractivity contribution in [2.45, 2.75) is 0 Å². The molecule has 0 aliphatic carbocycles. The van der Waals surface area contributed by atoms with Gasteiger partial charge in [-0.1, -0.05) is 6.58 Å². The normalized spacial score (nSPS) is 10.3. The third kappa shape index (κ3) is 3.57. The lowest BCUT2D eigenvalue weighted by Gasteiger charge is -2.07. The number of carbonyl (C=O) groups is 3. The fourth-order valence-corrected chi connectivity index (χ4v) is 2.28. The number of primary amides is 1. The van der Waals surface area contributed by atoms with Crippen LogP contribution in [0.15, 0.2) is 35.6 Å². The Bertz CT molecular complexity index is 849. The fraction of sp³-hybridized carbons (Fsp3) is 0.133. The number of rotatable bonds is 5. The molecule has 0 fully saturated rings. The third-order valence-electron chi connectivity index (χ3n) is 3.30. The minimum Gasteiger partial charge on any atom is -0.364 e. The monoisotopic (exact) mass is 393 g/mol. The van der Waals surface area contributed by atoms with Crippen molar-refractivity contribution in [1.82, 2.24) is 9.13 Å². The molecular weight excluding hydrogens is 378 g/mol. The average molecular weight is 394 g/mol. The van der Waals surface area contributed by atoms with Gasteiger partial charge in [0, 0.05) is 26.5 Å². The van der Waals surface area contributed by atoms with E-state index in [-0.39, 0.29) is 10.2 Å². The number of aryl methyl sites for hydroxylation is 2. The number of nitrogens with one attached hydrogen (secondary N) is 2. The van der Waals surface area contributed by atoms with Gasteiger partial charge in [-0.05, 0) is 28.1 Å². The topological polar surface area (TPSA) is 111 Å². The zero-order valence-electron chi connectivity index (χ0n) is 13.1. The zero-order valence-corrected chi connectivity index (χ0v) is 14.7. The van der Waals surface area contributed by atoms with E-state index in [9.17, 15) is 14.4 Å². The van der Waals surface area contributed by atoms with Gasteiger partial charge in [-0.2, -0.15) is 0 Å². The summed E-state index contributed by atoms with van der Waals surface area (Å²) in [6.07, 6.45) is 3.21. The number of aromatic nitrogens is 2. The minimum atomic E-state index is -0.645. The van der Waals surface area contributed by atoms with Gasteiger partial charge in [-0.25, -0.2) is 0 Å². The molecule has 0 unspecified atom stereocenters. The average Bonchev–Trinajstić information content (AvgIpc) is 3.01. The Labute approximate surface area is 146 Å². The second-order valence-corrected chi connectivity index (χ2v) is 6.05. The Morgan fingerprint density at radius 3 is 2.46 bits per heavy atom. The van der Waals surface area contributed by atoms with Crippen LogP contribution in [-0.4, -0.2) is 26.9 Å². The summed E-state index contributed by atoms with van der Waals surface area (Å²) in [7, 11) is 3.31. The van der Waals surface area contributed by atoms with Crippen LogP contribution in [0.2, 0.25) is 0 Å². The largest absolute Gasteiger partial charge is 0.364 e. The van der Waals surface area contributed by atoms with Crippen LogP contribution >= 0.6 is 15.9 Å².